The fourth-order valence-corrected chi connectivity index (χ4v) is 4.03. The minimum absolute atomic E-state index is 0.134. The van der Waals surface area contributed by atoms with Crippen molar-refractivity contribution in [2.75, 3.05) is 33.4 Å². The molecule has 1 aliphatic heterocycles. The van der Waals surface area contributed by atoms with E-state index in [9.17, 15) is 4.79 Å². The first-order valence-electron chi connectivity index (χ1n) is 12.1. The maximum atomic E-state index is 12.6. The Labute approximate surface area is 206 Å². The maximum absolute atomic E-state index is 12.6. The van der Waals surface area contributed by atoms with Crippen LogP contribution in [0.25, 0.3) is 0 Å². The number of ether oxygens (including phenoxy) is 3. The first-order valence-corrected chi connectivity index (χ1v) is 12.1. The lowest BCUT2D eigenvalue weighted by Gasteiger charge is -2.31. The number of hydrogen-bond donors (Lipinski definition) is 1. The molecule has 0 bridgehead atoms. The molecule has 0 saturated carbocycles. The van der Waals surface area contributed by atoms with E-state index >= 15 is 0 Å². The van der Waals surface area contributed by atoms with Crippen LogP contribution in [-0.2, 0) is 24.9 Å². The zero-order valence-corrected chi connectivity index (χ0v) is 20.5. The summed E-state index contributed by atoms with van der Waals surface area (Å²) in [5.74, 6) is 2.21. The van der Waals surface area contributed by atoms with Gasteiger partial charge in [0.25, 0.3) is 5.91 Å². The highest BCUT2D eigenvalue weighted by molar-refractivity contribution is 5.94. The van der Waals surface area contributed by atoms with Gasteiger partial charge in [0.1, 0.15) is 30.5 Å². The number of carbonyl (C=O) groups excluding carboxylic acids is 1. The molecule has 1 aliphatic rings. The third kappa shape index (κ3) is 7.31. The van der Waals surface area contributed by atoms with E-state index in [2.05, 4.69) is 22.2 Å². The van der Waals surface area contributed by atoms with Crippen molar-refractivity contribution in [2.45, 2.75) is 32.0 Å². The van der Waals surface area contributed by atoms with Crippen LogP contribution >= 0.6 is 0 Å². The largest absolute Gasteiger partial charge is 0.492 e. The van der Waals surface area contributed by atoms with Crippen LogP contribution in [0.1, 0.15) is 34.6 Å². The van der Waals surface area contributed by atoms with Gasteiger partial charge in [0.05, 0.1) is 0 Å². The van der Waals surface area contributed by atoms with E-state index in [1.165, 1.54) is 0 Å². The van der Waals surface area contributed by atoms with Crippen molar-refractivity contribution in [3.05, 3.63) is 77.9 Å². The van der Waals surface area contributed by atoms with Crippen molar-refractivity contribution in [1.29, 1.82) is 0 Å². The third-order valence-corrected chi connectivity index (χ3v) is 6.28. The van der Waals surface area contributed by atoms with Crippen molar-refractivity contribution < 1.29 is 19.0 Å². The topological polar surface area (TPSA) is 77.9 Å². The average molecular weight is 479 g/mol. The molecule has 1 fully saturated rings. The fraction of sp³-hybridized carbons (Fsp3) is 0.407. The molecule has 0 unspecified atom stereocenters. The molecule has 0 radical (unpaired) electrons. The lowest BCUT2D eigenvalue weighted by Crippen LogP contribution is -2.38. The molecule has 0 spiro atoms. The van der Waals surface area contributed by atoms with Gasteiger partial charge in [0.15, 0.2) is 0 Å². The molecule has 1 saturated heterocycles. The highest BCUT2D eigenvalue weighted by Gasteiger charge is 2.18. The van der Waals surface area contributed by atoms with Crippen LogP contribution < -0.4 is 14.8 Å². The van der Waals surface area contributed by atoms with Gasteiger partial charge in [0, 0.05) is 57.3 Å². The summed E-state index contributed by atoms with van der Waals surface area (Å²) in [5, 5.41) is 2.97. The molecular formula is C27H34N4O4. The summed E-state index contributed by atoms with van der Waals surface area (Å²) in [6.07, 6.45) is 5.76. The Morgan fingerprint density at radius 2 is 1.94 bits per heavy atom. The minimum atomic E-state index is -0.134. The lowest BCUT2D eigenvalue weighted by atomic mass is 10.1. The number of amides is 1. The summed E-state index contributed by atoms with van der Waals surface area (Å²) in [5.41, 5.74) is 1.57. The van der Waals surface area contributed by atoms with Gasteiger partial charge in [-0.1, -0.05) is 12.1 Å². The molecule has 35 heavy (non-hydrogen) atoms. The van der Waals surface area contributed by atoms with E-state index < -0.39 is 0 Å². The van der Waals surface area contributed by atoms with E-state index in [1.807, 2.05) is 42.1 Å². The van der Waals surface area contributed by atoms with Crippen LogP contribution in [0.3, 0.4) is 0 Å². The Morgan fingerprint density at radius 3 is 2.69 bits per heavy atom. The number of nitrogens with zero attached hydrogens (tertiary/aromatic N) is 3. The Bertz CT molecular complexity index is 1080. The van der Waals surface area contributed by atoms with Gasteiger partial charge < -0.3 is 24.1 Å². The van der Waals surface area contributed by atoms with Gasteiger partial charge in [-0.3, -0.25) is 9.69 Å². The molecule has 4 rings (SSSR count). The number of hydrogen-bond acceptors (Lipinski definition) is 6. The number of aromatic nitrogens is 2. The van der Waals surface area contributed by atoms with Crippen LogP contribution in [0.2, 0.25) is 0 Å². The standard InChI is InChI=1S/C27H34N4O4/c1-30(23-10-15-33-16-11-23)14-17-34-25-5-3-4-21(18-25)19-29-27(32)22-6-8-24(9-7-22)35-20-26-28-12-13-31(26)2/h3-9,12-13,18,23H,10-11,14-17,19-20H2,1-2H3,(H,29,32). The second kappa shape index (κ2) is 12.4. The van der Waals surface area contributed by atoms with Gasteiger partial charge >= 0.3 is 0 Å². The second-order valence-electron chi connectivity index (χ2n) is 8.77. The molecule has 0 atom stereocenters. The quantitative estimate of drug-likeness (QED) is 0.455. The summed E-state index contributed by atoms with van der Waals surface area (Å²) in [6.45, 7) is 3.97. The van der Waals surface area contributed by atoms with Crippen LogP contribution in [0.5, 0.6) is 11.5 Å². The van der Waals surface area contributed by atoms with Gasteiger partial charge in [0.2, 0.25) is 0 Å². The van der Waals surface area contributed by atoms with Crippen molar-refractivity contribution in [2.24, 2.45) is 7.05 Å². The predicted octanol–water partition coefficient (Wildman–Crippen LogP) is 3.42. The summed E-state index contributed by atoms with van der Waals surface area (Å²) >= 11 is 0. The number of nitrogens with one attached hydrogen (secondary N) is 1. The zero-order chi connectivity index (χ0) is 24.5. The van der Waals surface area contributed by atoms with E-state index in [0.717, 1.165) is 49.7 Å². The van der Waals surface area contributed by atoms with Crippen LogP contribution in [0, 0.1) is 0 Å². The number of benzene rings is 2. The maximum Gasteiger partial charge on any atom is 0.251 e. The van der Waals surface area contributed by atoms with E-state index in [0.29, 0.717) is 37.1 Å². The number of rotatable bonds is 11. The highest BCUT2D eigenvalue weighted by atomic mass is 16.5. The predicted molar refractivity (Wildman–Crippen MR) is 134 cm³/mol. The first kappa shape index (κ1) is 24.8. The zero-order valence-electron chi connectivity index (χ0n) is 20.5. The molecule has 1 amide bonds. The smallest absolute Gasteiger partial charge is 0.251 e. The molecule has 8 heteroatoms. The van der Waals surface area contributed by atoms with Crippen LogP contribution in [0.4, 0.5) is 0 Å². The van der Waals surface area contributed by atoms with Gasteiger partial charge in [-0.05, 0) is 61.9 Å². The molecule has 1 N–H and O–H groups in total. The van der Waals surface area contributed by atoms with Gasteiger partial charge in [-0.15, -0.1) is 0 Å². The summed E-state index contributed by atoms with van der Waals surface area (Å²) < 4.78 is 19.1. The van der Waals surface area contributed by atoms with Crippen molar-refractivity contribution in [3.8, 4) is 11.5 Å². The first-order chi connectivity index (χ1) is 17.1. The van der Waals surface area contributed by atoms with E-state index in [1.54, 1.807) is 30.5 Å². The molecule has 2 heterocycles. The Morgan fingerprint density at radius 1 is 1.14 bits per heavy atom. The minimum Gasteiger partial charge on any atom is -0.492 e. The Kier molecular flexibility index (Phi) is 8.75. The monoisotopic (exact) mass is 478 g/mol. The molecule has 2 aromatic carbocycles. The summed E-state index contributed by atoms with van der Waals surface area (Å²) in [4.78, 5) is 19.2. The van der Waals surface area contributed by atoms with E-state index in [4.69, 9.17) is 14.2 Å². The highest BCUT2D eigenvalue weighted by Crippen LogP contribution is 2.16. The second-order valence-corrected chi connectivity index (χ2v) is 8.77. The number of aryl methyl sites for hydroxylation is 1. The van der Waals surface area contributed by atoms with Crippen molar-refractivity contribution in [1.82, 2.24) is 19.8 Å². The van der Waals surface area contributed by atoms with Crippen LogP contribution in [0.15, 0.2) is 60.9 Å². The van der Waals surface area contributed by atoms with Crippen molar-refractivity contribution in [3.63, 3.8) is 0 Å². The van der Waals surface area contributed by atoms with E-state index in [-0.39, 0.29) is 5.91 Å². The normalized spacial score (nSPS) is 14.1. The van der Waals surface area contributed by atoms with Crippen molar-refractivity contribution >= 4 is 5.91 Å². The molecule has 1 aromatic heterocycles. The molecule has 186 valence electrons. The number of carbonyl (C=O) groups is 1. The average Bonchev–Trinajstić information content (AvgIpc) is 3.31. The lowest BCUT2D eigenvalue weighted by molar-refractivity contribution is 0.0392. The van der Waals surface area contributed by atoms with Gasteiger partial charge in [-0.25, -0.2) is 4.98 Å². The Balaban J connectivity index is 1.20. The number of likely N-dealkylation sites (N-methyl/N-ethyl adjacent to an activating group) is 1. The SMILES string of the molecule is CN(CCOc1cccc(CNC(=O)c2ccc(OCc3nccn3C)cc2)c1)C1CCOCC1. The Hall–Kier alpha value is -3.36. The number of imidazole rings is 1. The summed E-state index contributed by atoms with van der Waals surface area (Å²) in [7, 11) is 4.07. The molecular weight excluding hydrogens is 444 g/mol. The molecule has 0 aliphatic carbocycles. The molecule has 8 nitrogen and oxygen atoms in total. The van der Waals surface area contributed by atoms with Crippen LogP contribution in [-0.4, -0.2) is 59.8 Å². The third-order valence-electron chi connectivity index (χ3n) is 6.28. The summed E-state index contributed by atoms with van der Waals surface area (Å²) in [6, 6.07) is 15.5. The molecule has 3 aromatic rings. The fourth-order valence-electron chi connectivity index (χ4n) is 4.03. The van der Waals surface area contributed by atoms with Gasteiger partial charge in [-0.2, -0.15) is 0 Å².